The van der Waals surface area contributed by atoms with Crippen LogP contribution in [-0.4, -0.2) is 24.0 Å². The molecule has 1 saturated heterocycles. The van der Waals surface area contributed by atoms with Crippen molar-refractivity contribution in [2.75, 3.05) is 6.61 Å². The zero-order chi connectivity index (χ0) is 6.85. The Hall–Kier alpha value is -0.280. The maximum atomic E-state index is 10.4. The highest BCUT2D eigenvalue weighted by atomic mass is 35.5. The van der Waals surface area contributed by atoms with Crippen LogP contribution in [-0.2, 0) is 9.53 Å². The molecule has 2 atom stereocenters. The monoisotopic (exact) mass is 149 g/mol. The zero-order valence-corrected chi connectivity index (χ0v) is 5.60. The van der Waals surface area contributed by atoms with E-state index in [-0.39, 0.29) is 5.38 Å². The van der Waals surface area contributed by atoms with Crippen molar-refractivity contribution in [3.63, 3.8) is 0 Å². The molecule has 0 aromatic carbocycles. The number of nitrogens with two attached hydrogens (primary N) is 1. The largest absolute Gasteiger partial charge is 0.367 e. The average molecular weight is 150 g/mol. The van der Waals surface area contributed by atoms with E-state index < -0.39 is 12.0 Å². The molecule has 0 bridgehead atoms. The summed E-state index contributed by atoms with van der Waals surface area (Å²) >= 11 is 5.65. The molecule has 4 heteroatoms. The lowest BCUT2D eigenvalue weighted by Gasteiger charge is -2.06. The Morgan fingerprint density at radius 1 is 1.78 bits per heavy atom. The van der Waals surface area contributed by atoms with Crippen molar-refractivity contribution in [3.05, 3.63) is 0 Å². The van der Waals surface area contributed by atoms with E-state index >= 15 is 0 Å². The molecule has 2 N–H and O–H groups in total. The molecule has 1 aliphatic heterocycles. The second-order valence-electron chi connectivity index (χ2n) is 2.00. The van der Waals surface area contributed by atoms with Gasteiger partial charge >= 0.3 is 0 Å². The molecule has 1 fully saturated rings. The standard InChI is InChI=1S/C5H8ClNO2/c6-3-1-2-9-4(3)5(7)8/h3-4H,1-2H2,(H2,7,8). The van der Waals surface area contributed by atoms with Crippen molar-refractivity contribution in [1.29, 1.82) is 0 Å². The van der Waals surface area contributed by atoms with Gasteiger partial charge in [-0.25, -0.2) is 0 Å². The number of amides is 1. The van der Waals surface area contributed by atoms with Gasteiger partial charge in [-0.1, -0.05) is 0 Å². The summed E-state index contributed by atoms with van der Waals surface area (Å²) in [5.74, 6) is -0.465. The molecular weight excluding hydrogens is 142 g/mol. The first-order chi connectivity index (χ1) is 4.22. The topological polar surface area (TPSA) is 52.3 Å². The molecule has 1 rings (SSSR count). The Morgan fingerprint density at radius 2 is 2.44 bits per heavy atom. The van der Waals surface area contributed by atoms with Crippen LogP contribution in [0.2, 0.25) is 0 Å². The number of primary amides is 1. The van der Waals surface area contributed by atoms with Crippen molar-refractivity contribution in [2.24, 2.45) is 5.73 Å². The molecule has 1 amide bonds. The molecule has 1 heterocycles. The third-order valence-corrected chi connectivity index (χ3v) is 1.75. The number of hydrogen-bond acceptors (Lipinski definition) is 2. The first-order valence-corrected chi connectivity index (χ1v) is 3.20. The lowest BCUT2D eigenvalue weighted by molar-refractivity contribution is -0.126. The first-order valence-electron chi connectivity index (χ1n) is 2.77. The van der Waals surface area contributed by atoms with Gasteiger partial charge in [0.05, 0.1) is 5.38 Å². The zero-order valence-electron chi connectivity index (χ0n) is 4.84. The fourth-order valence-electron chi connectivity index (χ4n) is 0.824. The summed E-state index contributed by atoms with van der Waals surface area (Å²) in [6.07, 6.45) is 0.154. The Balaban J connectivity index is 2.49. The summed E-state index contributed by atoms with van der Waals surface area (Å²) < 4.78 is 4.92. The van der Waals surface area contributed by atoms with E-state index in [1.165, 1.54) is 0 Å². The van der Waals surface area contributed by atoms with E-state index in [2.05, 4.69) is 0 Å². The lowest BCUT2D eigenvalue weighted by atomic mass is 10.2. The van der Waals surface area contributed by atoms with Crippen LogP contribution >= 0.6 is 11.6 Å². The smallest absolute Gasteiger partial charge is 0.248 e. The van der Waals surface area contributed by atoms with Gasteiger partial charge in [0.15, 0.2) is 6.10 Å². The van der Waals surface area contributed by atoms with Crippen LogP contribution in [0.15, 0.2) is 0 Å². The summed E-state index contributed by atoms with van der Waals surface area (Å²) in [5, 5.41) is -0.220. The van der Waals surface area contributed by atoms with Crippen molar-refractivity contribution in [3.8, 4) is 0 Å². The van der Waals surface area contributed by atoms with Gasteiger partial charge in [0.2, 0.25) is 5.91 Å². The molecule has 0 aliphatic carbocycles. The summed E-state index contributed by atoms with van der Waals surface area (Å²) in [6.45, 7) is 0.543. The molecule has 0 spiro atoms. The van der Waals surface area contributed by atoms with Gasteiger partial charge < -0.3 is 10.5 Å². The van der Waals surface area contributed by atoms with E-state index in [9.17, 15) is 4.79 Å². The lowest BCUT2D eigenvalue weighted by Crippen LogP contribution is -2.33. The van der Waals surface area contributed by atoms with Crippen LogP contribution in [0.3, 0.4) is 0 Å². The van der Waals surface area contributed by atoms with Crippen molar-refractivity contribution in [1.82, 2.24) is 0 Å². The Morgan fingerprint density at radius 3 is 2.67 bits per heavy atom. The highest BCUT2D eigenvalue weighted by Crippen LogP contribution is 2.18. The summed E-state index contributed by atoms with van der Waals surface area (Å²) in [5.41, 5.74) is 4.94. The molecule has 0 aromatic rings. The van der Waals surface area contributed by atoms with E-state index in [0.717, 1.165) is 6.42 Å². The van der Waals surface area contributed by atoms with Crippen LogP contribution in [0.1, 0.15) is 6.42 Å². The predicted octanol–water partition coefficient (Wildman–Crippen LogP) is -0.132. The maximum Gasteiger partial charge on any atom is 0.248 e. The number of hydrogen-bond donors (Lipinski definition) is 1. The summed E-state index contributed by atoms with van der Waals surface area (Å²) in [7, 11) is 0. The van der Waals surface area contributed by atoms with Crippen molar-refractivity contribution >= 4 is 17.5 Å². The SMILES string of the molecule is NC(=O)C1OCCC1Cl. The second-order valence-corrected chi connectivity index (χ2v) is 2.56. The highest BCUT2D eigenvalue weighted by Gasteiger charge is 2.30. The predicted molar refractivity (Wildman–Crippen MR) is 33.2 cm³/mol. The normalized spacial score (nSPS) is 34.8. The highest BCUT2D eigenvalue weighted by molar-refractivity contribution is 6.22. The Kier molecular flexibility index (Phi) is 1.93. The number of halogens is 1. The summed E-state index contributed by atoms with van der Waals surface area (Å²) in [4.78, 5) is 10.4. The van der Waals surface area contributed by atoms with Crippen LogP contribution in [0.5, 0.6) is 0 Å². The average Bonchev–Trinajstić information content (AvgIpc) is 2.13. The first kappa shape index (κ1) is 6.83. The third-order valence-electron chi connectivity index (χ3n) is 1.30. The minimum atomic E-state index is -0.563. The fourth-order valence-corrected chi connectivity index (χ4v) is 1.11. The maximum absolute atomic E-state index is 10.4. The van der Waals surface area contributed by atoms with Gasteiger partial charge in [-0.2, -0.15) is 0 Å². The van der Waals surface area contributed by atoms with Crippen molar-refractivity contribution in [2.45, 2.75) is 17.9 Å². The van der Waals surface area contributed by atoms with Crippen LogP contribution in [0.4, 0.5) is 0 Å². The van der Waals surface area contributed by atoms with E-state index in [1.807, 2.05) is 0 Å². The van der Waals surface area contributed by atoms with Gasteiger partial charge in [-0.05, 0) is 6.42 Å². The molecule has 9 heavy (non-hydrogen) atoms. The molecule has 1 aliphatic rings. The van der Waals surface area contributed by atoms with E-state index in [1.54, 1.807) is 0 Å². The van der Waals surface area contributed by atoms with Gasteiger partial charge in [-0.15, -0.1) is 11.6 Å². The minimum absolute atomic E-state index is 0.220. The van der Waals surface area contributed by atoms with Crippen LogP contribution < -0.4 is 5.73 Å². The Labute approximate surface area is 58.1 Å². The number of alkyl halides is 1. The molecule has 0 radical (unpaired) electrons. The van der Waals surface area contributed by atoms with Gasteiger partial charge in [0, 0.05) is 6.61 Å². The summed E-state index contributed by atoms with van der Waals surface area (Å²) in [6, 6.07) is 0. The van der Waals surface area contributed by atoms with E-state index in [0.29, 0.717) is 6.61 Å². The second kappa shape index (κ2) is 2.54. The molecular formula is C5H8ClNO2. The van der Waals surface area contributed by atoms with Gasteiger partial charge in [-0.3, -0.25) is 4.79 Å². The molecule has 0 aromatic heterocycles. The molecule has 3 nitrogen and oxygen atoms in total. The third kappa shape index (κ3) is 1.34. The fraction of sp³-hybridized carbons (Fsp3) is 0.800. The number of ether oxygens (including phenoxy) is 1. The van der Waals surface area contributed by atoms with Gasteiger partial charge in [0.25, 0.3) is 0 Å². The van der Waals surface area contributed by atoms with Crippen LogP contribution in [0.25, 0.3) is 0 Å². The number of rotatable bonds is 1. The minimum Gasteiger partial charge on any atom is -0.367 e. The number of carbonyl (C=O) groups excluding carboxylic acids is 1. The number of carbonyl (C=O) groups is 1. The van der Waals surface area contributed by atoms with Gasteiger partial charge in [0.1, 0.15) is 0 Å². The molecule has 52 valence electrons. The molecule has 2 unspecified atom stereocenters. The van der Waals surface area contributed by atoms with E-state index in [4.69, 9.17) is 22.1 Å². The van der Waals surface area contributed by atoms with Crippen LogP contribution in [0, 0.1) is 0 Å². The quantitative estimate of drug-likeness (QED) is 0.528. The Bertz CT molecular complexity index is 128. The molecule has 0 saturated carbocycles. The van der Waals surface area contributed by atoms with Crippen molar-refractivity contribution < 1.29 is 9.53 Å².